The maximum Gasteiger partial charge on any atom is 0.214 e. The lowest BCUT2D eigenvalue weighted by molar-refractivity contribution is 0.398. The molecule has 0 atom stereocenters. The van der Waals surface area contributed by atoms with Crippen LogP contribution in [-0.4, -0.2) is 18.6 Å². The Kier molecular flexibility index (Phi) is 4.15. The number of nitrogens with two attached hydrogens (primary N) is 1. The third-order valence-electron chi connectivity index (χ3n) is 2.59. The van der Waals surface area contributed by atoms with E-state index in [1.807, 2.05) is 30.3 Å². The molecule has 0 bridgehead atoms. The Balaban J connectivity index is 2.08. The van der Waals surface area contributed by atoms with E-state index in [4.69, 9.17) is 10.5 Å². The minimum atomic E-state index is 0.597. The lowest BCUT2D eigenvalue weighted by atomic mass is 10.1. The second-order valence-electron chi connectivity index (χ2n) is 3.93. The van der Waals surface area contributed by atoms with Crippen molar-refractivity contribution in [3.63, 3.8) is 0 Å². The molecule has 0 amide bonds. The van der Waals surface area contributed by atoms with Gasteiger partial charge in [0.15, 0.2) is 0 Å². The van der Waals surface area contributed by atoms with Crippen molar-refractivity contribution in [1.82, 2.24) is 4.98 Å². The van der Waals surface area contributed by atoms with Crippen molar-refractivity contribution in [2.45, 2.75) is 6.42 Å². The summed E-state index contributed by atoms with van der Waals surface area (Å²) < 4.78 is 5.08. The monoisotopic (exact) mass is 243 g/mol. The van der Waals surface area contributed by atoms with E-state index in [-0.39, 0.29) is 0 Å². The molecule has 0 spiro atoms. The van der Waals surface area contributed by atoms with Crippen molar-refractivity contribution >= 4 is 11.5 Å². The zero-order valence-corrected chi connectivity index (χ0v) is 10.4. The fourth-order valence-electron chi connectivity index (χ4n) is 1.67. The van der Waals surface area contributed by atoms with Crippen LogP contribution in [0.25, 0.3) is 0 Å². The highest BCUT2D eigenvalue weighted by atomic mass is 16.5. The SMILES string of the molecule is COc1cccc(Nc2ccc(CCN)cc2)n1. The number of nitrogens with zero attached hydrogens (tertiary/aromatic N) is 1. The van der Waals surface area contributed by atoms with Gasteiger partial charge in [0.05, 0.1) is 7.11 Å². The van der Waals surface area contributed by atoms with Gasteiger partial charge >= 0.3 is 0 Å². The van der Waals surface area contributed by atoms with Crippen LogP contribution in [0, 0.1) is 0 Å². The third-order valence-corrected chi connectivity index (χ3v) is 2.59. The Bertz CT molecular complexity index is 497. The van der Waals surface area contributed by atoms with Gasteiger partial charge < -0.3 is 15.8 Å². The van der Waals surface area contributed by atoms with Gasteiger partial charge in [0, 0.05) is 11.8 Å². The average molecular weight is 243 g/mol. The number of nitrogens with one attached hydrogen (secondary N) is 1. The van der Waals surface area contributed by atoms with Crippen LogP contribution in [0.1, 0.15) is 5.56 Å². The van der Waals surface area contributed by atoms with Crippen LogP contribution in [0.15, 0.2) is 42.5 Å². The molecule has 2 rings (SSSR count). The first kappa shape index (κ1) is 12.4. The van der Waals surface area contributed by atoms with E-state index in [9.17, 15) is 0 Å². The normalized spacial score (nSPS) is 10.1. The minimum Gasteiger partial charge on any atom is -0.481 e. The van der Waals surface area contributed by atoms with Crippen LogP contribution >= 0.6 is 0 Å². The Labute approximate surface area is 107 Å². The highest BCUT2D eigenvalue weighted by Crippen LogP contribution is 2.17. The zero-order valence-electron chi connectivity index (χ0n) is 10.4. The summed E-state index contributed by atoms with van der Waals surface area (Å²) in [6, 6.07) is 13.8. The molecule has 0 aliphatic rings. The van der Waals surface area contributed by atoms with Gasteiger partial charge in [0.2, 0.25) is 5.88 Å². The van der Waals surface area contributed by atoms with Crippen LogP contribution in [0.3, 0.4) is 0 Å². The van der Waals surface area contributed by atoms with Gasteiger partial charge in [-0.1, -0.05) is 18.2 Å². The fourth-order valence-corrected chi connectivity index (χ4v) is 1.67. The standard InChI is InChI=1S/C14H17N3O/c1-18-14-4-2-3-13(17-14)16-12-7-5-11(6-8-12)9-10-15/h2-8H,9-10,15H2,1H3,(H,16,17). The van der Waals surface area contributed by atoms with Crippen LogP contribution in [0.5, 0.6) is 5.88 Å². The fraction of sp³-hybridized carbons (Fsp3) is 0.214. The molecular weight excluding hydrogens is 226 g/mol. The van der Waals surface area contributed by atoms with Crippen LogP contribution < -0.4 is 15.8 Å². The van der Waals surface area contributed by atoms with E-state index in [0.29, 0.717) is 12.4 Å². The van der Waals surface area contributed by atoms with Gasteiger partial charge in [-0.25, -0.2) is 0 Å². The van der Waals surface area contributed by atoms with Crippen LogP contribution in [0.2, 0.25) is 0 Å². The molecule has 1 heterocycles. The van der Waals surface area contributed by atoms with E-state index in [0.717, 1.165) is 17.9 Å². The molecule has 0 fully saturated rings. The molecule has 0 saturated carbocycles. The van der Waals surface area contributed by atoms with Gasteiger partial charge in [0.25, 0.3) is 0 Å². The molecular formula is C14H17N3O. The minimum absolute atomic E-state index is 0.597. The number of hydrogen-bond acceptors (Lipinski definition) is 4. The highest BCUT2D eigenvalue weighted by Gasteiger charge is 1.98. The van der Waals surface area contributed by atoms with Crippen molar-refractivity contribution in [1.29, 1.82) is 0 Å². The van der Waals surface area contributed by atoms with Gasteiger partial charge in [-0.3, -0.25) is 0 Å². The Morgan fingerprint density at radius 3 is 2.61 bits per heavy atom. The largest absolute Gasteiger partial charge is 0.481 e. The Hall–Kier alpha value is -2.07. The molecule has 18 heavy (non-hydrogen) atoms. The zero-order chi connectivity index (χ0) is 12.8. The average Bonchev–Trinajstić information content (AvgIpc) is 2.42. The number of benzene rings is 1. The predicted octanol–water partition coefficient (Wildman–Crippen LogP) is 2.33. The van der Waals surface area contributed by atoms with E-state index in [1.165, 1.54) is 5.56 Å². The third kappa shape index (κ3) is 3.21. The van der Waals surface area contributed by atoms with E-state index in [1.54, 1.807) is 7.11 Å². The summed E-state index contributed by atoms with van der Waals surface area (Å²) in [6.45, 7) is 0.671. The first-order valence-corrected chi connectivity index (χ1v) is 5.89. The molecule has 4 heteroatoms. The predicted molar refractivity (Wildman–Crippen MR) is 73.3 cm³/mol. The number of methoxy groups -OCH3 is 1. The molecule has 2 aromatic rings. The Morgan fingerprint density at radius 2 is 1.94 bits per heavy atom. The quantitative estimate of drug-likeness (QED) is 0.846. The van der Waals surface area contributed by atoms with Crippen LogP contribution in [-0.2, 0) is 6.42 Å². The summed E-state index contributed by atoms with van der Waals surface area (Å²) >= 11 is 0. The lowest BCUT2D eigenvalue weighted by Gasteiger charge is -2.07. The van der Waals surface area contributed by atoms with Crippen molar-refractivity contribution in [2.24, 2.45) is 5.73 Å². The number of rotatable bonds is 5. The van der Waals surface area contributed by atoms with Gasteiger partial charge in [-0.2, -0.15) is 4.98 Å². The van der Waals surface area contributed by atoms with Crippen LogP contribution in [0.4, 0.5) is 11.5 Å². The second kappa shape index (κ2) is 6.02. The maximum absolute atomic E-state index is 5.51. The first-order chi connectivity index (χ1) is 8.81. The number of anilines is 2. The van der Waals surface area contributed by atoms with Gasteiger partial charge in [-0.15, -0.1) is 0 Å². The molecule has 1 aromatic heterocycles. The molecule has 94 valence electrons. The molecule has 1 aromatic carbocycles. The summed E-state index contributed by atoms with van der Waals surface area (Å²) in [5.74, 6) is 1.36. The Morgan fingerprint density at radius 1 is 1.17 bits per heavy atom. The molecule has 0 aliphatic carbocycles. The number of pyridine rings is 1. The molecule has 0 saturated heterocycles. The summed E-state index contributed by atoms with van der Waals surface area (Å²) in [5.41, 5.74) is 7.75. The number of ether oxygens (including phenoxy) is 1. The number of hydrogen-bond donors (Lipinski definition) is 2. The molecule has 0 unspecified atom stereocenters. The van der Waals surface area contributed by atoms with Crippen molar-refractivity contribution in [3.8, 4) is 5.88 Å². The van der Waals surface area contributed by atoms with Gasteiger partial charge in [-0.05, 0) is 36.7 Å². The van der Waals surface area contributed by atoms with Crippen molar-refractivity contribution in [2.75, 3.05) is 19.0 Å². The highest BCUT2D eigenvalue weighted by molar-refractivity contribution is 5.56. The summed E-state index contributed by atoms with van der Waals surface area (Å²) in [7, 11) is 1.60. The van der Waals surface area contributed by atoms with E-state index in [2.05, 4.69) is 22.4 Å². The number of aromatic nitrogens is 1. The molecule has 3 N–H and O–H groups in total. The first-order valence-electron chi connectivity index (χ1n) is 5.89. The molecule has 4 nitrogen and oxygen atoms in total. The molecule has 0 radical (unpaired) electrons. The summed E-state index contributed by atoms with van der Waals surface area (Å²) in [5, 5.41) is 3.23. The molecule has 0 aliphatic heterocycles. The lowest BCUT2D eigenvalue weighted by Crippen LogP contribution is -2.02. The smallest absolute Gasteiger partial charge is 0.214 e. The summed E-state index contributed by atoms with van der Waals surface area (Å²) in [6.07, 6.45) is 0.900. The maximum atomic E-state index is 5.51. The second-order valence-corrected chi connectivity index (χ2v) is 3.93. The van der Waals surface area contributed by atoms with Gasteiger partial charge in [0.1, 0.15) is 5.82 Å². The topological polar surface area (TPSA) is 60.2 Å². The van der Waals surface area contributed by atoms with E-state index >= 15 is 0 Å². The van der Waals surface area contributed by atoms with E-state index < -0.39 is 0 Å². The summed E-state index contributed by atoms with van der Waals surface area (Å²) in [4.78, 5) is 4.29. The van der Waals surface area contributed by atoms with Crippen molar-refractivity contribution in [3.05, 3.63) is 48.0 Å². The van der Waals surface area contributed by atoms with Crippen molar-refractivity contribution < 1.29 is 4.74 Å².